The van der Waals surface area contributed by atoms with E-state index in [9.17, 15) is 18.0 Å². The Bertz CT molecular complexity index is 891. The Morgan fingerprint density at radius 3 is 2.00 bits per heavy atom. The molecule has 6 nitrogen and oxygen atoms in total. The van der Waals surface area contributed by atoms with Crippen LogP contribution in [0.2, 0.25) is 0 Å². The van der Waals surface area contributed by atoms with Gasteiger partial charge in [0.2, 0.25) is 0 Å². The largest absolute Gasteiger partial charge is 0.452 e. The van der Waals surface area contributed by atoms with E-state index in [1.54, 1.807) is 4.90 Å². The van der Waals surface area contributed by atoms with E-state index in [2.05, 4.69) is 0 Å². The van der Waals surface area contributed by atoms with Crippen LogP contribution in [0.15, 0.2) is 0 Å². The molecule has 1 amide bonds. The zero-order valence-electron chi connectivity index (χ0n) is 18.6. The molecule has 2 rings (SSSR count). The predicted octanol–water partition coefficient (Wildman–Crippen LogP) is 3.20. The number of hydrogen-bond donors (Lipinski definition) is 0. The van der Waals surface area contributed by atoms with Gasteiger partial charge in [0.1, 0.15) is 0 Å². The topological polar surface area (TPSA) is 80.8 Å². The number of nitrogens with zero attached hydrogens (tertiary/aromatic N) is 1. The standard InChI is InChI=1S/C22H33NO5S/c1-8-13(2)23(19-9-10-29(26,27)12-19)20(24)11-28-22(25)21-17(6)15(4)14(3)16(5)18(21)7/h13,19H,8-12H2,1-7H3/t13-,19-/m0/s1. The molecule has 0 aromatic heterocycles. The van der Waals surface area contributed by atoms with Crippen LogP contribution in [0.1, 0.15) is 64.9 Å². The SMILES string of the molecule is CC[C@H](C)N(C(=O)COC(=O)c1c(C)c(C)c(C)c(C)c1C)[C@H]1CCS(=O)(=O)C1. The van der Waals surface area contributed by atoms with Crippen molar-refractivity contribution in [3.8, 4) is 0 Å². The van der Waals surface area contributed by atoms with E-state index >= 15 is 0 Å². The molecular weight excluding hydrogens is 390 g/mol. The Balaban J connectivity index is 2.19. The van der Waals surface area contributed by atoms with Gasteiger partial charge < -0.3 is 9.64 Å². The minimum atomic E-state index is -3.12. The number of sulfone groups is 1. The lowest BCUT2D eigenvalue weighted by atomic mass is 9.90. The van der Waals surface area contributed by atoms with Gasteiger partial charge in [0.15, 0.2) is 16.4 Å². The minimum Gasteiger partial charge on any atom is -0.452 e. The van der Waals surface area contributed by atoms with Crippen molar-refractivity contribution in [2.45, 2.75) is 73.4 Å². The molecule has 1 heterocycles. The highest BCUT2D eigenvalue weighted by atomic mass is 32.2. The third kappa shape index (κ3) is 4.82. The predicted molar refractivity (Wildman–Crippen MR) is 114 cm³/mol. The van der Waals surface area contributed by atoms with Crippen LogP contribution in [0.5, 0.6) is 0 Å². The average molecular weight is 424 g/mol. The zero-order chi connectivity index (χ0) is 22.1. The Morgan fingerprint density at radius 2 is 1.55 bits per heavy atom. The molecule has 0 spiro atoms. The Morgan fingerprint density at radius 1 is 1.03 bits per heavy atom. The van der Waals surface area contributed by atoms with Crippen LogP contribution in [0, 0.1) is 34.6 Å². The summed E-state index contributed by atoms with van der Waals surface area (Å²) in [6.07, 6.45) is 1.13. The Kier molecular flexibility index (Phi) is 7.14. The first kappa shape index (κ1) is 23.4. The van der Waals surface area contributed by atoms with Gasteiger partial charge >= 0.3 is 5.97 Å². The first-order valence-corrected chi connectivity index (χ1v) is 12.0. The fourth-order valence-electron chi connectivity index (χ4n) is 4.08. The van der Waals surface area contributed by atoms with Crippen molar-refractivity contribution in [3.05, 3.63) is 33.4 Å². The van der Waals surface area contributed by atoms with Gasteiger partial charge in [-0.2, -0.15) is 0 Å². The molecule has 1 saturated heterocycles. The van der Waals surface area contributed by atoms with Gasteiger partial charge in [0.05, 0.1) is 17.1 Å². The summed E-state index contributed by atoms with van der Waals surface area (Å²) < 4.78 is 29.2. The van der Waals surface area contributed by atoms with Crippen LogP contribution in [0.4, 0.5) is 0 Å². The normalized spacial score (nSPS) is 19.1. The maximum Gasteiger partial charge on any atom is 0.339 e. The molecule has 1 aliphatic heterocycles. The van der Waals surface area contributed by atoms with Gasteiger partial charge in [0, 0.05) is 12.1 Å². The van der Waals surface area contributed by atoms with Crippen LogP contribution in [0.3, 0.4) is 0 Å². The molecular formula is C22H33NO5S. The molecule has 1 aromatic rings. The zero-order valence-corrected chi connectivity index (χ0v) is 19.4. The molecule has 162 valence electrons. The van der Waals surface area contributed by atoms with Gasteiger partial charge in [-0.1, -0.05) is 6.92 Å². The highest BCUT2D eigenvalue weighted by Crippen LogP contribution is 2.27. The second kappa shape index (κ2) is 8.86. The van der Waals surface area contributed by atoms with Gasteiger partial charge in [0.25, 0.3) is 5.91 Å². The molecule has 0 radical (unpaired) electrons. The number of esters is 1. The number of hydrogen-bond acceptors (Lipinski definition) is 5. The van der Waals surface area contributed by atoms with E-state index in [0.717, 1.165) is 27.8 Å². The van der Waals surface area contributed by atoms with E-state index in [4.69, 9.17) is 4.74 Å². The van der Waals surface area contributed by atoms with Crippen LogP contribution in [0.25, 0.3) is 0 Å². The minimum absolute atomic E-state index is 0.0222. The molecule has 29 heavy (non-hydrogen) atoms. The molecule has 0 saturated carbocycles. The summed E-state index contributed by atoms with van der Waals surface area (Å²) in [6.45, 7) is 13.2. The molecule has 7 heteroatoms. The maximum atomic E-state index is 12.9. The number of rotatable bonds is 6. The summed E-state index contributed by atoms with van der Waals surface area (Å²) in [5.41, 5.74) is 5.48. The number of ether oxygens (including phenoxy) is 1. The lowest BCUT2D eigenvalue weighted by Gasteiger charge is -2.33. The lowest BCUT2D eigenvalue weighted by Crippen LogP contribution is -2.48. The number of carbonyl (C=O) groups is 2. The Labute approximate surface area is 174 Å². The van der Waals surface area contributed by atoms with E-state index in [1.165, 1.54) is 0 Å². The van der Waals surface area contributed by atoms with Crippen LogP contribution < -0.4 is 0 Å². The molecule has 0 unspecified atom stereocenters. The fourth-order valence-corrected chi connectivity index (χ4v) is 5.79. The average Bonchev–Trinajstić information content (AvgIpc) is 3.02. The third-order valence-corrected chi connectivity index (χ3v) is 8.24. The Hall–Kier alpha value is -1.89. The number of amides is 1. The number of benzene rings is 1. The van der Waals surface area contributed by atoms with Crippen LogP contribution in [-0.4, -0.2) is 55.4 Å². The van der Waals surface area contributed by atoms with Crippen LogP contribution >= 0.6 is 0 Å². The van der Waals surface area contributed by atoms with Crippen molar-refractivity contribution in [2.24, 2.45) is 0 Å². The third-order valence-electron chi connectivity index (χ3n) is 6.49. The quantitative estimate of drug-likeness (QED) is 0.657. The monoisotopic (exact) mass is 423 g/mol. The van der Waals surface area contributed by atoms with Crippen molar-refractivity contribution in [1.82, 2.24) is 4.90 Å². The first-order valence-electron chi connectivity index (χ1n) is 10.2. The van der Waals surface area contributed by atoms with Gasteiger partial charge in [-0.15, -0.1) is 0 Å². The van der Waals surface area contributed by atoms with Gasteiger partial charge in [-0.05, 0) is 82.2 Å². The molecule has 0 bridgehead atoms. The smallest absolute Gasteiger partial charge is 0.339 e. The molecule has 0 aliphatic carbocycles. The van der Waals surface area contributed by atoms with E-state index in [-0.39, 0.29) is 36.1 Å². The molecule has 2 atom stereocenters. The van der Waals surface area contributed by atoms with Crippen molar-refractivity contribution in [3.63, 3.8) is 0 Å². The molecule has 1 fully saturated rings. The van der Waals surface area contributed by atoms with Crippen molar-refractivity contribution < 1.29 is 22.7 Å². The lowest BCUT2D eigenvalue weighted by molar-refractivity contribution is -0.138. The van der Waals surface area contributed by atoms with Crippen molar-refractivity contribution >= 4 is 21.7 Å². The van der Waals surface area contributed by atoms with Gasteiger partial charge in [-0.3, -0.25) is 4.79 Å². The molecule has 1 aromatic carbocycles. The fraction of sp³-hybridized carbons (Fsp3) is 0.636. The highest BCUT2D eigenvalue weighted by molar-refractivity contribution is 7.91. The second-order valence-corrected chi connectivity index (χ2v) is 10.4. The second-order valence-electron chi connectivity index (χ2n) is 8.19. The summed E-state index contributed by atoms with van der Waals surface area (Å²) in [5.74, 6) is -0.780. The van der Waals surface area contributed by atoms with Crippen molar-refractivity contribution in [2.75, 3.05) is 18.1 Å². The van der Waals surface area contributed by atoms with E-state index < -0.39 is 15.8 Å². The molecule has 0 N–H and O–H groups in total. The van der Waals surface area contributed by atoms with Crippen molar-refractivity contribution in [1.29, 1.82) is 0 Å². The van der Waals surface area contributed by atoms with E-state index in [1.807, 2.05) is 48.5 Å². The summed E-state index contributed by atoms with van der Waals surface area (Å²) in [4.78, 5) is 27.3. The summed E-state index contributed by atoms with van der Waals surface area (Å²) in [7, 11) is -3.12. The van der Waals surface area contributed by atoms with Gasteiger partial charge in [-0.25, -0.2) is 13.2 Å². The maximum absolute atomic E-state index is 12.9. The van der Waals surface area contributed by atoms with E-state index in [0.29, 0.717) is 18.4 Å². The first-order chi connectivity index (χ1) is 13.4. The molecule has 1 aliphatic rings. The summed E-state index contributed by atoms with van der Waals surface area (Å²) >= 11 is 0. The summed E-state index contributed by atoms with van der Waals surface area (Å²) in [5, 5.41) is 0. The summed E-state index contributed by atoms with van der Waals surface area (Å²) in [6, 6.07) is -0.472. The van der Waals surface area contributed by atoms with Crippen LogP contribution in [-0.2, 0) is 19.4 Å². The highest BCUT2D eigenvalue weighted by Gasteiger charge is 2.37. The number of carbonyl (C=O) groups excluding carboxylic acids is 2.